The fourth-order valence-electron chi connectivity index (χ4n) is 3.12. The van der Waals surface area contributed by atoms with Crippen LogP contribution < -0.4 is 5.32 Å². The molecule has 0 fully saturated rings. The highest BCUT2D eigenvalue weighted by atomic mass is 35.5. The number of para-hydroxylation sites is 1. The Morgan fingerprint density at radius 1 is 0.912 bits per heavy atom. The predicted molar refractivity (Wildman–Crippen MR) is 135 cm³/mol. The Balaban J connectivity index is 1.58. The van der Waals surface area contributed by atoms with Crippen LogP contribution in [0.4, 0.5) is 5.69 Å². The first-order valence-electron chi connectivity index (χ1n) is 9.99. The Hall–Kier alpha value is -2.85. The summed E-state index contributed by atoms with van der Waals surface area (Å²) in [5, 5.41) is 12.0. The summed E-state index contributed by atoms with van der Waals surface area (Å²) in [4.78, 5) is 12.7. The number of sulfone groups is 1. The maximum Gasteiger partial charge on any atom is 0.234 e. The van der Waals surface area contributed by atoms with Crippen molar-refractivity contribution in [2.45, 2.75) is 15.8 Å². The zero-order valence-corrected chi connectivity index (χ0v) is 20.7. The minimum absolute atomic E-state index is 0.000750. The van der Waals surface area contributed by atoms with E-state index in [1.165, 1.54) is 0 Å². The van der Waals surface area contributed by atoms with Gasteiger partial charge in [0.2, 0.25) is 5.91 Å². The highest BCUT2D eigenvalue weighted by Gasteiger charge is 2.23. The van der Waals surface area contributed by atoms with Crippen LogP contribution in [0, 0.1) is 0 Å². The average molecular weight is 533 g/mol. The molecule has 1 heterocycles. The van der Waals surface area contributed by atoms with Gasteiger partial charge in [0.15, 0.2) is 20.8 Å². The standard InChI is InChI=1S/C23H18Cl2N4O3S2/c24-18-12-7-13-19(22(18)25)26-21(30)14-33-23-28-27-20(29(23)16-8-3-1-4-9-16)15-34(31,32)17-10-5-2-6-11-17/h1-13H,14-15H2,(H,26,30). The van der Waals surface area contributed by atoms with E-state index < -0.39 is 9.84 Å². The molecule has 7 nitrogen and oxygen atoms in total. The van der Waals surface area contributed by atoms with Crippen LogP contribution in [0.1, 0.15) is 5.82 Å². The van der Waals surface area contributed by atoms with Crippen LogP contribution in [0.3, 0.4) is 0 Å². The van der Waals surface area contributed by atoms with E-state index in [9.17, 15) is 13.2 Å². The number of amides is 1. The SMILES string of the molecule is O=C(CSc1nnc(CS(=O)(=O)c2ccccc2)n1-c1ccccc1)Nc1cccc(Cl)c1Cl. The highest BCUT2D eigenvalue weighted by Crippen LogP contribution is 2.30. The van der Waals surface area contributed by atoms with Gasteiger partial charge in [-0.15, -0.1) is 10.2 Å². The molecule has 0 bridgehead atoms. The lowest BCUT2D eigenvalue weighted by Crippen LogP contribution is -2.15. The number of carbonyl (C=O) groups is 1. The van der Waals surface area contributed by atoms with Crippen LogP contribution >= 0.6 is 35.0 Å². The molecule has 0 atom stereocenters. The van der Waals surface area contributed by atoms with Crippen LogP contribution in [0.5, 0.6) is 0 Å². The number of nitrogens with zero attached hydrogens (tertiary/aromatic N) is 3. The van der Waals surface area contributed by atoms with Crippen molar-refractivity contribution in [1.82, 2.24) is 14.8 Å². The van der Waals surface area contributed by atoms with Gasteiger partial charge in [-0.1, -0.05) is 77.4 Å². The lowest BCUT2D eigenvalue weighted by molar-refractivity contribution is -0.113. The lowest BCUT2D eigenvalue weighted by atomic mass is 10.3. The minimum Gasteiger partial charge on any atom is -0.324 e. The topological polar surface area (TPSA) is 94.0 Å². The third kappa shape index (κ3) is 5.61. The van der Waals surface area contributed by atoms with Crippen LogP contribution in [0.25, 0.3) is 5.69 Å². The quantitative estimate of drug-likeness (QED) is 0.310. The highest BCUT2D eigenvalue weighted by molar-refractivity contribution is 7.99. The van der Waals surface area contributed by atoms with Gasteiger partial charge in [0, 0.05) is 5.69 Å². The molecular weight excluding hydrogens is 515 g/mol. The van der Waals surface area contributed by atoms with Crippen molar-refractivity contribution < 1.29 is 13.2 Å². The number of aromatic nitrogens is 3. The molecule has 34 heavy (non-hydrogen) atoms. The van der Waals surface area contributed by atoms with Crippen LogP contribution in [-0.4, -0.2) is 34.8 Å². The molecule has 0 saturated heterocycles. The van der Waals surface area contributed by atoms with Crippen molar-refractivity contribution in [3.8, 4) is 5.69 Å². The first-order valence-corrected chi connectivity index (χ1v) is 13.4. The summed E-state index contributed by atoms with van der Waals surface area (Å²) in [5.74, 6) is -0.422. The van der Waals surface area contributed by atoms with Crippen molar-refractivity contribution in [3.63, 3.8) is 0 Å². The number of halogens is 2. The number of rotatable bonds is 8. The van der Waals surface area contributed by atoms with E-state index >= 15 is 0 Å². The van der Waals surface area contributed by atoms with Gasteiger partial charge < -0.3 is 5.32 Å². The molecule has 0 aliphatic heterocycles. The molecule has 1 N–H and O–H groups in total. The maximum absolute atomic E-state index is 12.9. The zero-order chi connectivity index (χ0) is 24.1. The normalized spacial score (nSPS) is 11.4. The second kappa shape index (κ2) is 10.6. The maximum atomic E-state index is 12.9. The third-order valence-electron chi connectivity index (χ3n) is 4.69. The Labute approximate surface area is 211 Å². The number of anilines is 1. The van der Waals surface area contributed by atoms with Gasteiger partial charge in [0.05, 0.1) is 26.4 Å². The fraction of sp³-hybridized carbons (Fsp3) is 0.0870. The second-order valence-corrected chi connectivity index (χ2v) is 10.8. The van der Waals surface area contributed by atoms with Gasteiger partial charge in [-0.2, -0.15) is 0 Å². The van der Waals surface area contributed by atoms with Crippen LogP contribution in [-0.2, 0) is 20.4 Å². The molecule has 0 unspecified atom stereocenters. The van der Waals surface area contributed by atoms with E-state index in [1.54, 1.807) is 53.1 Å². The summed E-state index contributed by atoms with van der Waals surface area (Å²) < 4.78 is 27.5. The summed E-state index contributed by atoms with van der Waals surface area (Å²) in [7, 11) is -3.65. The minimum atomic E-state index is -3.65. The van der Waals surface area contributed by atoms with E-state index in [1.807, 2.05) is 30.3 Å². The number of hydrogen-bond donors (Lipinski definition) is 1. The monoisotopic (exact) mass is 532 g/mol. The van der Waals surface area contributed by atoms with Gasteiger partial charge >= 0.3 is 0 Å². The van der Waals surface area contributed by atoms with Gasteiger partial charge in [-0.3, -0.25) is 9.36 Å². The number of thioether (sulfide) groups is 1. The van der Waals surface area contributed by atoms with Crippen molar-refractivity contribution >= 4 is 56.4 Å². The molecule has 0 spiro atoms. The largest absolute Gasteiger partial charge is 0.324 e. The van der Waals surface area contributed by atoms with Gasteiger partial charge in [0.1, 0.15) is 5.75 Å². The molecule has 0 aliphatic carbocycles. The number of benzene rings is 3. The van der Waals surface area contributed by atoms with E-state index in [-0.39, 0.29) is 33.2 Å². The Morgan fingerprint density at radius 3 is 2.29 bits per heavy atom. The molecule has 1 amide bonds. The lowest BCUT2D eigenvalue weighted by Gasteiger charge is -2.11. The molecule has 0 radical (unpaired) electrons. The molecule has 11 heteroatoms. The van der Waals surface area contributed by atoms with Crippen LogP contribution in [0.15, 0.2) is 88.9 Å². The van der Waals surface area contributed by atoms with Crippen molar-refractivity contribution in [2.75, 3.05) is 11.1 Å². The Kier molecular flexibility index (Phi) is 7.57. The van der Waals surface area contributed by atoms with E-state index in [0.29, 0.717) is 21.6 Å². The van der Waals surface area contributed by atoms with Crippen molar-refractivity contribution in [3.05, 3.63) is 94.7 Å². The smallest absolute Gasteiger partial charge is 0.234 e. The Morgan fingerprint density at radius 2 is 1.59 bits per heavy atom. The first-order chi connectivity index (χ1) is 16.3. The summed E-state index contributed by atoms with van der Waals surface area (Å²) in [5.41, 5.74) is 1.09. The molecular formula is C23H18Cl2N4O3S2. The molecule has 0 aliphatic rings. The predicted octanol–water partition coefficient (Wildman–Crippen LogP) is 5.28. The average Bonchev–Trinajstić information content (AvgIpc) is 3.23. The fourth-order valence-corrected chi connectivity index (χ4v) is 5.51. The van der Waals surface area contributed by atoms with Gasteiger partial charge in [-0.05, 0) is 36.4 Å². The molecule has 1 aromatic heterocycles. The van der Waals surface area contributed by atoms with E-state index in [4.69, 9.17) is 23.2 Å². The Bertz CT molecular complexity index is 1410. The summed E-state index contributed by atoms with van der Waals surface area (Å²) in [6, 6.07) is 22.3. The first kappa shape index (κ1) is 24.3. The molecule has 4 rings (SSSR count). The second-order valence-electron chi connectivity index (χ2n) is 7.08. The number of nitrogens with one attached hydrogen (secondary N) is 1. The summed E-state index contributed by atoms with van der Waals surface area (Å²) >= 11 is 13.3. The molecule has 174 valence electrons. The number of carbonyl (C=O) groups excluding carboxylic acids is 1. The zero-order valence-electron chi connectivity index (χ0n) is 17.6. The van der Waals surface area contributed by atoms with E-state index in [2.05, 4.69) is 15.5 Å². The molecule has 0 saturated carbocycles. The number of hydrogen-bond acceptors (Lipinski definition) is 6. The van der Waals surface area contributed by atoms with Gasteiger partial charge in [-0.25, -0.2) is 8.42 Å². The molecule has 4 aromatic rings. The van der Waals surface area contributed by atoms with Crippen molar-refractivity contribution in [2.24, 2.45) is 0 Å². The molecule has 3 aromatic carbocycles. The van der Waals surface area contributed by atoms with Crippen molar-refractivity contribution in [1.29, 1.82) is 0 Å². The van der Waals surface area contributed by atoms with E-state index in [0.717, 1.165) is 11.8 Å². The third-order valence-corrected chi connectivity index (χ3v) is 8.07. The van der Waals surface area contributed by atoms with Gasteiger partial charge in [0.25, 0.3) is 0 Å². The summed E-state index contributed by atoms with van der Waals surface area (Å²) in [6.07, 6.45) is 0. The van der Waals surface area contributed by atoms with Crippen LogP contribution in [0.2, 0.25) is 10.0 Å². The summed E-state index contributed by atoms with van der Waals surface area (Å²) in [6.45, 7) is 0.